The Morgan fingerprint density at radius 3 is 2.29 bits per heavy atom. The molecule has 0 fully saturated rings. The van der Waals surface area contributed by atoms with Crippen LogP contribution in [0.4, 0.5) is 11.4 Å². The van der Waals surface area contributed by atoms with Gasteiger partial charge in [0.1, 0.15) is 12.7 Å². The van der Waals surface area contributed by atoms with Crippen molar-refractivity contribution in [1.82, 2.24) is 0 Å². The van der Waals surface area contributed by atoms with Crippen molar-refractivity contribution in [2.24, 2.45) is 0 Å². The van der Waals surface area contributed by atoms with Gasteiger partial charge in [-0.1, -0.05) is 6.07 Å². The first-order chi connectivity index (χ1) is 11.6. The Kier molecular flexibility index (Phi) is 4.38. The molecule has 0 N–H and O–H groups in total. The van der Waals surface area contributed by atoms with Crippen molar-refractivity contribution < 1.29 is 14.4 Å². The van der Waals surface area contributed by atoms with Crippen molar-refractivity contribution in [3.05, 3.63) is 59.2 Å². The van der Waals surface area contributed by atoms with E-state index >= 15 is 0 Å². The molecule has 0 saturated heterocycles. The number of benzene rings is 2. The third kappa shape index (κ3) is 2.58. The Balaban J connectivity index is 2.05. The van der Waals surface area contributed by atoms with Gasteiger partial charge in [0.2, 0.25) is 0 Å². The molecule has 2 aromatic carbocycles. The lowest BCUT2D eigenvalue weighted by molar-refractivity contribution is -0.717. The summed E-state index contributed by atoms with van der Waals surface area (Å²) < 4.78 is 1.64. The molecule has 0 amide bonds. The van der Waals surface area contributed by atoms with Crippen LogP contribution in [-0.2, 0) is 4.84 Å². The van der Waals surface area contributed by atoms with E-state index in [1.54, 1.807) is 11.8 Å². The van der Waals surface area contributed by atoms with Crippen molar-refractivity contribution in [1.29, 1.82) is 0 Å². The zero-order valence-corrected chi connectivity index (χ0v) is 14.7. The molecule has 2 aromatic rings. The van der Waals surface area contributed by atoms with Gasteiger partial charge in [-0.3, -0.25) is 9.63 Å². The number of hydrogen-bond donors (Lipinski definition) is 0. The maximum Gasteiger partial charge on any atom is 0.313 e. The standard InChI is InChI=1S/C20H23N2O2/c1-5-21(6-2)16-10-8-15(9-11-16)19-20(23)17-12-7-14(3)13-18(17)22(19)24-4/h7-13H,5-6H2,1-4H3/q+1. The van der Waals surface area contributed by atoms with Gasteiger partial charge in [-0.2, -0.15) is 0 Å². The fourth-order valence-corrected chi connectivity index (χ4v) is 3.20. The van der Waals surface area contributed by atoms with Gasteiger partial charge >= 0.3 is 5.71 Å². The average Bonchev–Trinajstić information content (AvgIpc) is 2.88. The number of carbonyl (C=O) groups excluding carboxylic acids is 1. The van der Waals surface area contributed by atoms with Crippen molar-refractivity contribution in [2.45, 2.75) is 20.8 Å². The van der Waals surface area contributed by atoms with Crippen LogP contribution >= 0.6 is 0 Å². The summed E-state index contributed by atoms with van der Waals surface area (Å²) in [6.07, 6.45) is 0. The fraction of sp³-hybridized carbons (Fsp3) is 0.300. The molecule has 1 aliphatic rings. The summed E-state index contributed by atoms with van der Waals surface area (Å²) in [7, 11) is 1.59. The predicted molar refractivity (Wildman–Crippen MR) is 96.6 cm³/mol. The zero-order chi connectivity index (χ0) is 17.3. The molecule has 0 spiro atoms. The molecular formula is C20H23N2O2+. The molecule has 4 nitrogen and oxygen atoms in total. The quantitative estimate of drug-likeness (QED) is 0.786. The maximum atomic E-state index is 12.8. The van der Waals surface area contributed by atoms with Crippen LogP contribution in [0.25, 0.3) is 0 Å². The summed E-state index contributed by atoms with van der Waals surface area (Å²) in [5.74, 6) is 0.00226. The number of carbonyl (C=O) groups is 1. The van der Waals surface area contributed by atoms with Crippen molar-refractivity contribution in [3.63, 3.8) is 0 Å². The molecule has 0 atom stereocenters. The summed E-state index contributed by atoms with van der Waals surface area (Å²) in [5.41, 5.74) is 5.19. The molecule has 24 heavy (non-hydrogen) atoms. The van der Waals surface area contributed by atoms with Crippen LogP contribution in [0.15, 0.2) is 42.5 Å². The summed E-state index contributed by atoms with van der Waals surface area (Å²) in [4.78, 5) is 20.6. The van der Waals surface area contributed by atoms with Gasteiger partial charge in [0.25, 0.3) is 11.5 Å². The largest absolute Gasteiger partial charge is 0.372 e. The number of anilines is 1. The minimum absolute atomic E-state index is 0.00226. The maximum absolute atomic E-state index is 12.8. The lowest BCUT2D eigenvalue weighted by atomic mass is 10.0. The Labute approximate surface area is 142 Å². The first-order valence-electron chi connectivity index (χ1n) is 8.32. The number of rotatable bonds is 5. The van der Waals surface area contributed by atoms with Crippen LogP contribution in [0.1, 0.15) is 35.3 Å². The van der Waals surface area contributed by atoms with Gasteiger partial charge in [-0.05, 0) is 56.7 Å². The summed E-state index contributed by atoms with van der Waals surface area (Å²) >= 11 is 0. The first kappa shape index (κ1) is 16.2. The monoisotopic (exact) mass is 323 g/mol. The van der Waals surface area contributed by atoms with Crippen LogP contribution in [-0.4, -0.2) is 36.4 Å². The molecule has 0 aliphatic carbocycles. The molecule has 124 valence electrons. The highest BCUT2D eigenvalue weighted by Crippen LogP contribution is 2.30. The molecule has 4 heteroatoms. The van der Waals surface area contributed by atoms with Gasteiger partial charge in [-0.15, -0.1) is 0 Å². The van der Waals surface area contributed by atoms with Crippen molar-refractivity contribution >= 4 is 22.9 Å². The van der Waals surface area contributed by atoms with Gasteiger partial charge in [-0.25, -0.2) is 0 Å². The lowest BCUT2D eigenvalue weighted by Gasteiger charge is -2.20. The second kappa shape index (κ2) is 6.48. The summed E-state index contributed by atoms with van der Waals surface area (Å²) in [5, 5.41) is 0. The molecule has 0 radical (unpaired) electrons. The van der Waals surface area contributed by atoms with Crippen molar-refractivity contribution in [2.75, 3.05) is 25.1 Å². The third-order valence-electron chi connectivity index (χ3n) is 4.49. The number of ketones is 1. The molecule has 0 aromatic heterocycles. The lowest BCUT2D eigenvalue weighted by Crippen LogP contribution is -2.22. The first-order valence-corrected chi connectivity index (χ1v) is 8.32. The van der Waals surface area contributed by atoms with E-state index in [0.717, 1.165) is 35.6 Å². The van der Waals surface area contributed by atoms with E-state index in [9.17, 15) is 4.79 Å². The number of hydrogen-bond acceptors (Lipinski definition) is 3. The Morgan fingerprint density at radius 1 is 1.04 bits per heavy atom. The fourth-order valence-electron chi connectivity index (χ4n) is 3.20. The summed E-state index contributed by atoms with van der Waals surface area (Å²) in [6.45, 7) is 8.20. The normalized spacial score (nSPS) is 13.2. The van der Waals surface area contributed by atoms with Crippen LogP contribution in [0.3, 0.4) is 0 Å². The molecule has 0 bridgehead atoms. The molecule has 3 rings (SSSR count). The van der Waals surface area contributed by atoms with E-state index in [0.29, 0.717) is 11.3 Å². The second-order valence-corrected chi connectivity index (χ2v) is 5.89. The number of fused-ring (bicyclic) bond motifs is 1. The van der Waals surface area contributed by atoms with Crippen LogP contribution in [0.2, 0.25) is 0 Å². The van der Waals surface area contributed by atoms with Crippen LogP contribution in [0, 0.1) is 6.92 Å². The van der Waals surface area contributed by atoms with Gasteiger partial charge in [0.05, 0.1) is 5.56 Å². The third-order valence-corrected chi connectivity index (χ3v) is 4.49. The van der Waals surface area contributed by atoms with E-state index in [2.05, 4.69) is 30.9 Å². The molecule has 1 aliphatic heterocycles. The average molecular weight is 323 g/mol. The van der Waals surface area contributed by atoms with E-state index in [4.69, 9.17) is 4.84 Å². The topological polar surface area (TPSA) is 32.5 Å². The van der Waals surface area contributed by atoms with E-state index in [-0.39, 0.29) is 5.78 Å². The van der Waals surface area contributed by atoms with Crippen molar-refractivity contribution in [3.8, 4) is 0 Å². The Morgan fingerprint density at radius 2 is 1.71 bits per heavy atom. The second-order valence-electron chi connectivity index (χ2n) is 5.89. The Bertz CT molecular complexity index is 803. The van der Waals surface area contributed by atoms with E-state index < -0.39 is 0 Å². The number of aryl methyl sites for hydroxylation is 1. The molecule has 0 unspecified atom stereocenters. The minimum Gasteiger partial charge on any atom is -0.372 e. The van der Waals surface area contributed by atoms with Gasteiger partial charge in [0.15, 0.2) is 0 Å². The van der Waals surface area contributed by atoms with Crippen LogP contribution < -0.4 is 4.90 Å². The smallest absolute Gasteiger partial charge is 0.313 e. The predicted octanol–water partition coefficient (Wildman–Crippen LogP) is 3.73. The Hall–Kier alpha value is -2.62. The van der Waals surface area contributed by atoms with Gasteiger partial charge in [0, 0.05) is 29.6 Å². The molecule has 1 heterocycles. The molecular weight excluding hydrogens is 300 g/mol. The number of nitrogens with zero attached hydrogens (tertiary/aromatic N) is 2. The number of Topliss-reactive ketones (excluding diaryl/α,β-unsaturated/α-hetero) is 1. The zero-order valence-electron chi connectivity index (χ0n) is 14.7. The van der Waals surface area contributed by atoms with E-state index in [1.807, 2.05) is 37.3 Å². The highest BCUT2D eigenvalue weighted by Gasteiger charge is 2.41. The minimum atomic E-state index is 0.00226. The SMILES string of the molecule is CCN(CC)c1ccc(C2=[N+](OC)c3cc(C)ccc3C2=O)cc1. The molecule has 0 saturated carbocycles. The van der Waals surface area contributed by atoms with Gasteiger partial charge < -0.3 is 4.90 Å². The summed E-state index contributed by atoms with van der Waals surface area (Å²) in [6, 6.07) is 13.9. The highest BCUT2D eigenvalue weighted by atomic mass is 16.7. The highest BCUT2D eigenvalue weighted by molar-refractivity contribution is 6.52. The van der Waals surface area contributed by atoms with E-state index in [1.165, 1.54) is 0 Å². The van der Waals surface area contributed by atoms with Crippen LogP contribution in [0.5, 0.6) is 0 Å².